The first kappa shape index (κ1) is 18.0. The van der Waals surface area contributed by atoms with Crippen molar-refractivity contribution >= 4 is 11.9 Å². The highest BCUT2D eigenvalue weighted by molar-refractivity contribution is 5.92. The number of benzene rings is 1. The van der Waals surface area contributed by atoms with Crippen molar-refractivity contribution in [3.8, 4) is 5.75 Å². The van der Waals surface area contributed by atoms with Gasteiger partial charge < -0.3 is 9.47 Å². The summed E-state index contributed by atoms with van der Waals surface area (Å²) in [6, 6.07) is 5.61. The highest BCUT2D eigenvalue weighted by Crippen LogP contribution is 2.19. The van der Waals surface area contributed by atoms with Crippen molar-refractivity contribution < 1.29 is 19.1 Å². The molecule has 0 aliphatic rings. The third-order valence-corrected chi connectivity index (χ3v) is 3.15. The molecule has 0 aromatic heterocycles. The third-order valence-electron chi connectivity index (χ3n) is 3.15. The van der Waals surface area contributed by atoms with Crippen molar-refractivity contribution in [3.63, 3.8) is 0 Å². The van der Waals surface area contributed by atoms with Gasteiger partial charge in [-0.25, -0.2) is 9.59 Å². The number of aryl methyl sites for hydroxylation is 2. The Hall–Kier alpha value is -2.10. The van der Waals surface area contributed by atoms with E-state index < -0.39 is 11.9 Å². The molecule has 0 radical (unpaired) electrons. The Morgan fingerprint density at radius 2 is 1.77 bits per heavy atom. The molecule has 1 rings (SSSR count). The van der Waals surface area contributed by atoms with Gasteiger partial charge in [-0.2, -0.15) is 0 Å². The molecule has 1 aromatic rings. The fourth-order valence-corrected chi connectivity index (χ4v) is 1.85. The Labute approximate surface area is 132 Å². The van der Waals surface area contributed by atoms with Crippen molar-refractivity contribution in [2.45, 2.75) is 46.5 Å². The number of rotatable bonds is 8. The molecule has 0 spiro atoms. The molecule has 0 amide bonds. The van der Waals surface area contributed by atoms with Crippen molar-refractivity contribution in [2.75, 3.05) is 6.61 Å². The fraction of sp³-hybridized carbons (Fsp3) is 0.444. The fourth-order valence-electron chi connectivity index (χ4n) is 1.85. The number of unbranched alkanes of at least 4 members (excludes halogenated alkanes) is 3. The van der Waals surface area contributed by atoms with Crippen LogP contribution in [-0.2, 0) is 14.3 Å². The van der Waals surface area contributed by atoms with Crippen LogP contribution in [0.1, 0.15) is 43.7 Å². The van der Waals surface area contributed by atoms with Gasteiger partial charge in [0, 0.05) is 12.2 Å². The van der Waals surface area contributed by atoms with Gasteiger partial charge in [-0.05, 0) is 37.5 Å². The SMILES string of the molecule is CCCCCCOC(=O)/C=C/C(=O)Oc1cc(C)ccc1C. The summed E-state index contributed by atoms with van der Waals surface area (Å²) in [5.41, 5.74) is 1.87. The van der Waals surface area contributed by atoms with Gasteiger partial charge in [0.15, 0.2) is 0 Å². The van der Waals surface area contributed by atoms with Gasteiger partial charge in [0.25, 0.3) is 0 Å². The standard InChI is InChI=1S/C18H24O4/c1-4-5-6-7-12-21-17(19)10-11-18(20)22-16-13-14(2)8-9-15(16)3/h8-11,13H,4-7,12H2,1-3H3/b11-10+. The molecule has 1 aromatic carbocycles. The van der Waals surface area contributed by atoms with E-state index in [2.05, 4.69) is 6.92 Å². The van der Waals surface area contributed by atoms with E-state index in [4.69, 9.17) is 9.47 Å². The van der Waals surface area contributed by atoms with E-state index in [0.717, 1.165) is 49.0 Å². The quantitative estimate of drug-likeness (QED) is 0.316. The molecule has 0 N–H and O–H groups in total. The zero-order valence-electron chi connectivity index (χ0n) is 13.6. The third kappa shape index (κ3) is 7.07. The predicted octanol–water partition coefficient (Wildman–Crippen LogP) is 3.89. The van der Waals surface area contributed by atoms with Crippen LogP contribution in [0.2, 0.25) is 0 Å². The second-order valence-corrected chi connectivity index (χ2v) is 5.25. The van der Waals surface area contributed by atoms with E-state index in [1.54, 1.807) is 6.07 Å². The van der Waals surface area contributed by atoms with Crippen LogP contribution in [0.5, 0.6) is 5.75 Å². The first-order valence-electron chi connectivity index (χ1n) is 7.67. The maximum Gasteiger partial charge on any atom is 0.336 e. The minimum atomic E-state index is -0.586. The van der Waals surface area contributed by atoms with Crippen LogP contribution in [0.4, 0.5) is 0 Å². The molecular weight excluding hydrogens is 280 g/mol. The Kier molecular flexibility index (Phi) is 7.97. The Balaban J connectivity index is 2.37. The summed E-state index contributed by atoms with van der Waals surface area (Å²) < 4.78 is 10.2. The Bertz CT molecular complexity index is 532. The van der Waals surface area contributed by atoms with Gasteiger partial charge in [0.1, 0.15) is 5.75 Å². The van der Waals surface area contributed by atoms with Gasteiger partial charge in [-0.3, -0.25) is 0 Å². The molecule has 0 heterocycles. The lowest BCUT2D eigenvalue weighted by molar-refractivity contribution is -0.138. The van der Waals surface area contributed by atoms with Gasteiger partial charge >= 0.3 is 11.9 Å². The average molecular weight is 304 g/mol. The van der Waals surface area contributed by atoms with E-state index in [1.807, 2.05) is 26.0 Å². The summed E-state index contributed by atoms with van der Waals surface area (Å²) in [7, 11) is 0. The molecule has 120 valence electrons. The average Bonchev–Trinajstić information content (AvgIpc) is 2.49. The van der Waals surface area contributed by atoms with E-state index >= 15 is 0 Å². The summed E-state index contributed by atoms with van der Waals surface area (Å²) in [6.07, 6.45) is 6.36. The number of hydrogen-bond acceptors (Lipinski definition) is 4. The smallest absolute Gasteiger partial charge is 0.336 e. The molecule has 0 fully saturated rings. The zero-order valence-corrected chi connectivity index (χ0v) is 13.6. The van der Waals surface area contributed by atoms with Crippen LogP contribution >= 0.6 is 0 Å². The molecule has 0 saturated carbocycles. The molecule has 0 aliphatic heterocycles. The molecule has 4 heteroatoms. The van der Waals surface area contributed by atoms with Gasteiger partial charge in [0.05, 0.1) is 6.61 Å². The molecule has 22 heavy (non-hydrogen) atoms. The highest BCUT2D eigenvalue weighted by Gasteiger charge is 2.05. The number of carbonyl (C=O) groups excluding carboxylic acids is 2. The minimum Gasteiger partial charge on any atom is -0.463 e. The van der Waals surface area contributed by atoms with E-state index in [1.165, 1.54) is 0 Å². The maximum atomic E-state index is 11.7. The summed E-state index contributed by atoms with van der Waals surface area (Å²) in [6.45, 7) is 6.28. The summed E-state index contributed by atoms with van der Waals surface area (Å²) in [5, 5.41) is 0. The minimum absolute atomic E-state index is 0.384. The first-order valence-corrected chi connectivity index (χ1v) is 7.67. The number of hydrogen-bond donors (Lipinski definition) is 0. The lowest BCUT2D eigenvalue weighted by atomic mass is 10.1. The first-order chi connectivity index (χ1) is 10.5. The lowest BCUT2D eigenvalue weighted by Gasteiger charge is -2.06. The molecule has 4 nitrogen and oxygen atoms in total. The van der Waals surface area contributed by atoms with Crippen molar-refractivity contribution in [1.29, 1.82) is 0 Å². The van der Waals surface area contributed by atoms with Gasteiger partial charge in [-0.1, -0.05) is 38.3 Å². The van der Waals surface area contributed by atoms with E-state index in [0.29, 0.717) is 12.4 Å². The maximum absolute atomic E-state index is 11.7. The van der Waals surface area contributed by atoms with Crippen LogP contribution in [0.25, 0.3) is 0 Å². The number of carbonyl (C=O) groups is 2. The topological polar surface area (TPSA) is 52.6 Å². The van der Waals surface area contributed by atoms with Crippen LogP contribution in [0.3, 0.4) is 0 Å². The van der Waals surface area contributed by atoms with Crippen LogP contribution in [0, 0.1) is 13.8 Å². The van der Waals surface area contributed by atoms with Crippen LogP contribution in [0.15, 0.2) is 30.4 Å². The van der Waals surface area contributed by atoms with E-state index in [9.17, 15) is 9.59 Å². The predicted molar refractivity (Wildman–Crippen MR) is 85.8 cm³/mol. The molecule has 0 saturated heterocycles. The molecule has 0 unspecified atom stereocenters. The second-order valence-electron chi connectivity index (χ2n) is 5.25. The summed E-state index contributed by atoms with van der Waals surface area (Å²) >= 11 is 0. The highest BCUT2D eigenvalue weighted by atomic mass is 16.5. The van der Waals surface area contributed by atoms with E-state index in [-0.39, 0.29) is 0 Å². The largest absolute Gasteiger partial charge is 0.463 e. The van der Waals surface area contributed by atoms with Crippen LogP contribution in [-0.4, -0.2) is 18.5 Å². The van der Waals surface area contributed by atoms with Gasteiger partial charge in [-0.15, -0.1) is 0 Å². The molecule has 0 bridgehead atoms. The normalized spacial score (nSPS) is 10.7. The Morgan fingerprint density at radius 1 is 1.05 bits per heavy atom. The Morgan fingerprint density at radius 3 is 2.50 bits per heavy atom. The molecule has 0 aliphatic carbocycles. The summed E-state index contributed by atoms with van der Waals surface area (Å²) in [5.74, 6) is -0.603. The lowest BCUT2D eigenvalue weighted by Crippen LogP contribution is -2.08. The van der Waals surface area contributed by atoms with Crippen molar-refractivity contribution in [3.05, 3.63) is 41.5 Å². The van der Waals surface area contributed by atoms with Crippen molar-refractivity contribution in [1.82, 2.24) is 0 Å². The summed E-state index contributed by atoms with van der Waals surface area (Å²) in [4.78, 5) is 23.1. The monoisotopic (exact) mass is 304 g/mol. The van der Waals surface area contributed by atoms with Crippen LogP contribution < -0.4 is 4.74 Å². The van der Waals surface area contributed by atoms with Crippen molar-refractivity contribution in [2.24, 2.45) is 0 Å². The number of ether oxygens (including phenoxy) is 2. The zero-order chi connectivity index (χ0) is 16.4. The molecular formula is C18H24O4. The molecule has 0 atom stereocenters. The number of esters is 2. The second kappa shape index (κ2) is 9.77. The van der Waals surface area contributed by atoms with Gasteiger partial charge in [0.2, 0.25) is 0 Å².